The minimum atomic E-state index is -0.826. The van der Waals surface area contributed by atoms with Gasteiger partial charge in [-0.15, -0.1) is 55.9 Å². The van der Waals surface area contributed by atoms with Crippen LogP contribution in [-0.4, -0.2) is 0 Å². The average molecular weight is 770 g/mol. The summed E-state index contributed by atoms with van der Waals surface area (Å²) in [5.41, 5.74) is 16.7. The van der Waals surface area contributed by atoms with Gasteiger partial charge in [-0.1, -0.05) is 152 Å². The second-order valence-corrected chi connectivity index (χ2v) is 18.9. The molecule has 0 aliphatic rings. The molecule has 6 rings (SSSR count). The standard InChI is InChI=1S/2C22H25.C2H5.2ClH.Zr/c2*1-14-11-19-16(3)15(2)13-20(21(19)12-14)17-7-9-18(10-8-17)22(4,5)6;1-2;;;/h2*7-13H,1-6H3;1H2,2H3;2*1H;/q3*-1;;;+2/p-2. The maximum atomic E-state index is 4.93. The number of hydrogen-bond acceptors (Lipinski definition) is 0. The normalized spacial score (nSPS) is 11.3. The van der Waals surface area contributed by atoms with E-state index in [0.717, 1.165) is 0 Å². The van der Waals surface area contributed by atoms with Crippen LogP contribution in [0.4, 0.5) is 0 Å². The number of fused-ring (bicyclic) bond motifs is 2. The van der Waals surface area contributed by atoms with E-state index in [0.29, 0.717) is 0 Å². The second-order valence-electron chi connectivity index (χ2n) is 15.2. The van der Waals surface area contributed by atoms with Crippen molar-refractivity contribution in [3.63, 3.8) is 0 Å². The van der Waals surface area contributed by atoms with Gasteiger partial charge in [-0.3, -0.25) is 0 Å². The third-order valence-electron chi connectivity index (χ3n) is 9.49. The molecule has 49 heavy (non-hydrogen) atoms. The van der Waals surface area contributed by atoms with Crippen LogP contribution in [0, 0.1) is 48.5 Å². The molecular weight excluding hydrogens is 715 g/mol. The molecule has 0 nitrogen and oxygen atoms in total. The molecule has 0 unspecified atom stereocenters. The van der Waals surface area contributed by atoms with E-state index in [-0.39, 0.29) is 10.8 Å². The predicted molar refractivity (Wildman–Crippen MR) is 219 cm³/mol. The Kier molecular flexibility index (Phi) is 14.4. The van der Waals surface area contributed by atoms with Gasteiger partial charge in [-0.25, -0.2) is 0 Å². The summed E-state index contributed by atoms with van der Waals surface area (Å²) in [6, 6.07) is 32.1. The van der Waals surface area contributed by atoms with Crippen molar-refractivity contribution in [3.05, 3.63) is 136 Å². The van der Waals surface area contributed by atoms with Crippen molar-refractivity contribution in [2.45, 2.75) is 101 Å². The van der Waals surface area contributed by atoms with E-state index in [1.54, 1.807) is 6.92 Å². The molecular formula is C46H55Cl2Zr-3. The molecule has 0 heterocycles. The Hall–Kier alpha value is -2.44. The molecule has 260 valence electrons. The predicted octanol–water partition coefficient (Wildman–Crippen LogP) is 15.1. The number of aryl methyl sites for hydroxylation is 6. The van der Waals surface area contributed by atoms with Crippen molar-refractivity contribution in [1.29, 1.82) is 0 Å². The first-order valence-corrected chi connectivity index (χ1v) is 23.5. The molecule has 0 aliphatic heterocycles. The third-order valence-corrected chi connectivity index (χ3v) is 9.49. The summed E-state index contributed by atoms with van der Waals surface area (Å²) in [6.45, 7) is 31.8. The van der Waals surface area contributed by atoms with Crippen molar-refractivity contribution in [1.82, 2.24) is 0 Å². The molecule has 0 radical (unpaired) electrons. The number of benzene rings is 4. The monoisotopic (exact) mass is 767 g/mol. The number of halogens is 2. The van der Waals surface area contributed by atoms with Crippen LogP contribution in [0.2, 0.25) is 0 Å². The van der Waals surface area contributed by atoms with E-state index in [9.17, 15) is 0 Å². The van der Waals surface area contributed by atoms with E-state index in [2.05, 4.69) is 175 Å². The summed E-state index contributed by atoms with van der Waals surface area (Å²) >= 11 is -0.826. The van der Waals surface area contributed by atoms with Crippen LogP contribution < -0.4 is 0 Å². The van der Waals surface area contributed by atoms with Crippen LogP contribution >= 0.6 is 17.0 Å². The fourth-order valence-corrected chi connectivity index (χ4v) is 6.38. The fraction of sp³-hybridized carbons (Fsp3) is 0.326. The van der Waals surface area contributed by atoms with Gasteiger partial charge >= 0.3 is 37.9 Å². The Morgan fingerprint density at radius 2 is 0.796 bits per heavy atom. The second kappa shape index (κ2) is 17.2. The molecule has 0 bridgehead atoms. The molecule has 0 aromatic heterocycles. The third kappa shape index (κ3) is 9.88. The zero-order valence-electron chi connectivity index (χ0n) is 32.0. The molecule has 3 heteroatoms. The SMILES string of the molecule is Cc1cc2c(-c3ccc(C(C)(C)C)cc3)cc(C)c(C)c2[cH-]1.Cc1cc2c(-c3ccc(C(C)(C)C)cc3)cc(C)c(C)c2[cH-]1.[CH2-]C.[Cl][Zr][Cl]. The zero-order valence-corrected chi connectivity index (χ0v) is 36.0. The Morgan fingerprint density at radius 3 is 1.06 bits per heavy atom. The summed E-state index contributed by atoms with van der Waals surface area (Å²) in [4.78, 5) is 0. The van der Waals surface area contributed by atoms with Gasteiger partial charge in [-0.2, -0.15) is 19.1 Å². The van der Waals surface area contributed by atoms with Crippen molar-refractivity contribution < 1.29 is 20.8 Å². The van der Waals surface area contributed by atoms with Crippen molar-refractivity contribution in [2.24, 2.45) is 0 Å². The van der Waals surface area contributed by atoms with Gasteiger partial charge < -0.3 is 6.92 Å². The zero-order chi connectivity index (χ0) is 36.8. The summed E-state index contributed by atoms with van der Waals surface area (Å²) in [5, 5.41) is 5.55. The molecule has 0 aliphatic carbocycles. The molecule has 6 aromatic rings. The van der Waals surface area contributed by atoms with Crippen LogP contribution in [0.5, 0.6) is 0 Å². The number of hydrogen-bond donors (Lipinski definition) is 0. The van der Waals surface area contributed by atoms with Gasteiger partial charge in [0.05, 0.1) is 0 Å². The first-order valence-electron chi connectivity index (χ1n) is 17.2. The molecule has 0 fully saturated rings. The molecule has 0 amide bonds. The quantitative estimate of drug-likeness (QED) is 0.154. The van der Waals surface area contributed by atoms with Crippen molar-refractivity contribution in [2.75, 3.05) is 0 Å². The topological polar surface area (TPSA) is 0 Å². The first-order chi connectivity index (χ1) is 23.0. The average Bonchev–Trinajstić information content (AvgIpc) is 3.64. The Morgan fingerprint density at radius 1 is 0.510 bits per heavy atom. The van der Waals surface area contributed by atoms with Gasteiger partial charge in [0, 0.05) is 0 Å². The van der Waals surface area contributed by atoms with Crippen LogP contribution in [0.25, 0.3) is 43.8 Å². The van der Waals surface area contributed by atoms with E-state index in [4.69, 9.17) is 17.0 Å². The summed E-state index contributed by atoms with van der Waals surface area (Å²) in [6.07, 6.45) is 0. The molecule has 0 spiro atoms. The van der Waals surface area contributed by atoms with Gasteiger partial charge in [0.2, 0.25) is 0 Å². The van der Waals surface area contributed by atoms with Crippen molar-refractivity contribution >= 4 is 38.6 Å². The Labute approximate surface area is 316 Å². The molecule has 0 saturated carbocycles. The minimum absolute atomic E-state index is 0.202. The molecule has 0 N–H and O–H groups in total. The van der Waals surface area contributed by atoms with E-state index in [1.165, 1.54) is 88.3 Å². The fourth-order valence-electron chi connectivity index (χ4n) is 6.38. The van der Waals surface area contributed by atoms with Crippen LogP contribution in [0.3, 0.4) is 0 Å². The van der Waals surface area contributed by atoms with Crippen LogP contribution in [0.15, 0.2) is 84.9 Å². The Balaban J connectivity index is 0.000000235. The van der Waals surface area contributed by atoms with Gasteiger partial charge in [0.25, 0.3) is 0 Å². The van der Waals surface area contributed by atoms with E-state index < -0.39 is 20.8 Å². The Bertz CT molecular complexity index is 1820. The van der Waals surface area contributed by atoms with Crippen LogP contribution in [0.1, 0.15) is 93.0 Å². The van der Waals surface area contributed by atoms with E-state index >= 15 is 0 Å². The first kappa shape index (κ1) is 41.0. The summed E-state index contributed by atoms with van der Waals surface area (Å²) in [7, 11) is 9.87. The van der Waals surface area contributed by atoms with Gasteiger partial charge in [-0.05, 0) is 46.9 Å². The van der Waals surface area contributed by atoms with Crippen LogP contribution in [-0.2, 0) is 31.7 Å². The molecule has 0 saturated heterocycles. The van der Waals surface area contributed by atoms with Gasteiger partial charge in [0.1, 0.15) is 0 Å². The van der Waals surface area contributed by atoms with Crippen molar-refractivity contribution in [3.8, 4) is 22.3 Å². The summed E-state index contributed by atoms with van der Waals surface area (Å²) < 4.78 is 0. The van der Waals surface area contributed by atoms with Gasteiger partial charge in [0.15, 0.2) is 0 Å². The molecule has 0 atom stereocenters. The van der Waals surface area contributed by atoms with E-state index in [1.807, 2.05) is 0 Å². The number of rotatable bonds is 2. The summed E-state index contributed by atoms with van der Waals surface area (Å²) in [5.74, 6) is 0. The maximum absolute atomic E-state index is 4.93. The molecule has 6 aromatic carbocycles.